The second-order valence-electron chi connectivity index (χ2n) is 3.00. The van der Waals surface area contributed by atoms with E-state index in [1.807, 2.05) is 0 Å². The molecule has 9 heavy (non-hydrogen) atoms. The van der Waals surface area contributed by atoms with Crippen LogP contribution in [0.2, 0.25) is 0 Å². The summed E-state index contributed by atoms with van der Waals surface area (Å²) in [5.41, 5.74) is 6.08. The average molecular weight is 129 g/mol. The Morgan fingerprint density at radius 3 is 2.22 bits per heavy atom. The molecular formula is C7H15NO. The van der Waals surface area contributed by atoms with E-state index < -0.39 is 0 Å². The van der Waals surface area contributed by atoms with E-state index in [0.29, 0.717) is 5.41 Å². The largest absolute Gasteiger partial charge is 0.380 e. The molecular weight excluding hydrogens is 114 g/mol. The van der Waals surface area contributed by atoms with Gasteiger partial charge < -0.3 is 10.5 Å². The molecule has 0 aromatic carbocycles. The summed E-state index contributed by atoms with van der Waals surface area (Å²) in [6, 6.07) is 0.288. The van der Waals surface area contributed by atoms with Crippen molar-refractivity contribution in [1.82, 2.24) is 0 Å². The normalized spacial score (nSPS) is 27.0. The highest BCUT2D eigenvalue weighted by molar-refractivity contribution is 4.90. The molecule has 0 amide bonds. The van der Waals surface area contributed by atoms with Gasteiger partial charge >= 0.3 is 0 Å². The summed E-state index contributed by atoms with van der Waals surface area (Å²) in [4.78, 5) is 0. The number of hydrogen-bond acceptors (Lipinski definition) is 2. The summed E-state index contributed by atoms with van der Waals surface area (Å²) in [6.07, 6.45) is 1.14. The SMILES string of the molecule is CCC1([C@@H](C)N)COC1. The molecule has 0 aliphatic carbocycles. The Labute approximate surface area is 56.4 Å². The van der Waals surface area contributed by atoms with Gasteiger partial charge in [0.1, 0.15) is 0 Å². The van der Waals surface area contributed by atoms with Crippen molar-refractivity contribution < 1.29 is 4.74 Å². The van der Waals surface area contributed by atoms with Crippen molar-refractivity contribution in [3.05, 3.63) is 0 Å². The molecule has 1 aliphatic heterocycles. The number of ether oxygens (including phenoxy) is 1. The first-order chi connectivity index (χ1) is 4.21. The van der Waals surface area contributed by atoms with Crippen LogP contribution in [-0.2, 0) is 4.74 Å². The lowest BCUT2D eigenvalue weighted by Gasteiger charge is -2.43. The van der Waals surface area contributed by atoms with Gasteiger partial charge in [0.05, 0.1) is 13.2 Å². The Kier molecular flexibility index (Phi) is 1.78. The highest BCUT2D eigenvalue weighted by atomic mass is 16.5. The summed E-state index contributed by atoms with van der Waals surface area (Å²) >= 11 is 0. The Balaban J connectivity index is 2.46. The van der Waals surface area contributed by atoms with Gasteiger partial charge in [-0.2, -0.15) is 0 Å². The summed E-state index contributed by atoms with van der Waals surface area (Å²) in [6.45, 7) is 5.96. The smallest absolute Gasteiger partial charge is 0.0559 e. The fourth-order valence-corrected chi connectivity index (χ4v) is 1.15. The van der Waals surface area contributed by atoms with Crippen LogP contribution < -0.4 is 5.73 Å². The molecule has 2 heteroatoms. The molecule has 0 unspecified atom stereocenters. The van der Waals surface area contributed by atoms with Crippen molar-refractivity contribution in [3.63, 3.8) is 0 Å². The van der Waals surface area contributed by atoms with Crippen LogP contribution in [0.15, 0.2) is 0 Å². The van der Waals surface area contributed by atoms with Gasteiger partial charge in [-0.1, -0.05) is 6.92 Å². The van der Waals surface area contributed by atoms with Gasteiger partial charge in [-0.05, 0) is 13.3 Å². The maximum Gasteiger partial charge on any atom is 0.0559 e. The average Bonchev–Trinajstić information content (AvgIpc) is 1.62. The first-order valence-electron chi connectivity index (χ1n) is 3.54. The topological polar surface area (TPSA) is 35.2 Å². The minimum Gasteiger partial charge on any atom is -0.380 e. The zero-order chi connectivity index (χ0) is 6.91. The van der Waals surface area contributed by atoms with Crippen molar-refractivity contribution in [1.29, 1.82) is 0 Å². The Morgan fingerprint density at radius 2 is 2.22 bits per heavy atom. The van der Waals surface area contributed by atoms with E-state index in [4.69, 9.17) is 10.5 Å². The summed E-state index contributed by atoms with van der Waals surface area (Å²) < 4.78 is 5.11. The van der Waals surface area contributed by atoms with E-state index in [0.717, 1.165) is 19.6 Å². The van der Waals surface area contributed by atoms with Crippen LogP contribution in [0.4, 0.5) is 0 Å². The minimum atomic E-state index is 0.288. The highest BCUT2D eigenvalue weighted by Crippen LogP contribution is 2.33. The lowest BCUT2D eigenvalue weighted by molar-refractivity contribution is -0.125. The molecule has 1 fully saturated rings. The molecule has 54 valence electrons. The van der Waals surface area contributed by atoms with Crippen molar-refractivity contribution >= 4 is 0 Å². The quantitative estimate of drug-likeness (QED) is 0.597. The molecule has 2 N–H and O–H groups in total. The van der Waals surface area contributed by atoms with Crippen molar-refractivity contribution in [2.24, 2.45) is 11.1 Å². The molecule has 1 atom stereocenters. The number of nitrogens with two attached hydrogens (primary N) is 1. The van der Waals surface area contributed by atoms with Gasteiger partial charge in [-0.15, -0.1) is 0 Å². The summed E-state index contributed by atoms with van der Waals surface area (Å²) in [5, 5.41) is 0. The van der Waals surface area contributed by atoms with E-state index in [9.17, 15) is 0 Å². The van der Waals surface area contributed by atoms with E-state index in [-0.39, 0.29) is 6.04 Å². The maximum atomic E-state index is 5.76. The van der Waals surface area contributed by atoms with E-state index in [1.165, 1.54) is 0 Å². The molecule has 0 aromatic rings. The molecule has 0 radical (unpaired) electrons. The first-order valence-corrected chi connectivity index (χ1v) is 3.54. The monoisotopic (exact) mass is 129 g/mol. The Bertz CT molecular complexity index is 91.6. The third-order valence-corrected chi connectivity index (χ3v) is 2.45. The minimum absolute atomic E-state index is 0.288. The second-order valence-corrected chi connectivity index (χ2v) is 3.00. The molecule has 2 nitrogen and oxygen atoms in total. The van der Waals surface area contributed by atoms with Gasteiger partial charge in [0, 0.05) is 11.5 Å². The molecule has 1 aliphatic rings. The molecule has 1 heterocycles. The van der Waals surface area contributed by atoms with Crippen LogP contribution in [0.1, 0.15) is 20.3 Å². The van der Waals surface area contributed by atoms with Crippen LogP contribution in [-0.4, -0.2) is 19.3 Å². The zero-order valence-corrected chi connectivity index (χ0v) is 6.18. The lowest BCUT2D eigenvalue weighted by Crippen LogP contribution is -2.53. The summed E-state index contributed by atoms with van der Waals surface area (Å²) in [7, 11) is 0. The molecule has 0 spiro atoms. The second kappa shape index (κ2) is 2.27. The van der Waals surface area contributed by atoms with Crippen LogP contribution in [0, 0.1) is 5.41 Å². The van der Waals surface area contributed by atoms with Gasteiger partial charge in [0.2, 0.25) is 0 Å². The Hall–Kier alpha value is -0.0800. The zero-order valence-electron chi connectivity index (χ0n) is 6.18. The predicted octanol–water partition coefficient (Wildman–Crippen LogP) is 0.760. The summed E-state index contributed by atoms with van der Waals surface area (Å²) in [5.74, 6) is 0. The van der Waals surface area contributed by atoms with Gasteiger partial charge in [0.25, 0.3) is 0 Å². The molecule has 0 aromatic heterocycles. The fourth-order valence-electron chi connectivity index (χ4n) is 1.15. The molecule has 1 saturated heterocycles. The van der Waals surface area contributed by atoms with E-state index in [1.54, 1.807) is 0 Å². The van der Waals surface area contributed by atoms with Crippen molar-refractivity contribution in [2.75, 3.05) is 13.2 Å². The third-order valence-electron chi connectivity index (χ3n) is 2.45. The van der Waals surface area contributed by atoms with Crippen LogP contribution in [0.3, 0.4) is 0 Å². The molecule has 0 bridgehead atoms. The molecule has 0 saturated carbocycles. The number of rotatable bonds is 2. The molecule has 1 rings (SSSR count). The predicted molar refractivity (Wildman–Crippen MR) is 37.2 cm³/mol. The van der Waals surface area contributed by atoms with Crippen LogP contribution in [0.5, 0.6) is 0 Å². The first kappa shape index (κ1) is 7.03. The fraction of sp³-hybridized carbons (Fsp3) is 1.00. The maximum absolute atomic E-state index is 5.76. The standard InChI is InChI=1S/C7H15NO/c1-3-7(6(2)8)4-9-5-7/h6H,3-5,8H2,1-2H3/t6-/m1/s1. The van der Waals surface area contributed by atoms with E-state index >= 15 is 0 Å². The van der Waals surface area contributed by atoms with Gasteiger partial charge in [-0.3, -0.25) is 0 Å². The Morgan fingerprint density at radius 1 is 1.67 bits per heavy atom. The highest BCUT2D eigenvalue weighted by Gasteiger charge is 2.39. The lowest BCUT2D eigenvalue weighted by atomic mass is 9.77. The van der Waals surface area contributed by atoms with Crippen molar-refractivity contribution in [2.45, 2.75) is 26.3 Å². The van der Waals surface area contributed by atoms with Gasteiger partial charge in [0.15, 0.2) is 0 Å². The van der Waals surface area contributed by atoms with Crippen molar-refractivity contribution in [3.8, 4) is 0 Å². The van der Waals surface area contributed by atoms with Crippen LogP contribution >= 0.6 is 0 Å². The van der Waals surface area contributed by atoms with Crippen LogP contribution in [0.25, 0.3) is 0 Å². The van der Waals surface area contributed by atoms with Gasteiger partial charge in [-0.25, -0.2) is 0 Å². The third kappa shape index (κ3) is 0.970. The van der Waals surface area contributed by atoms with E-state index in [2.05, 4.69) is 13.8 Å². The number of hydrogen-bond donors (Lipinski definition) is 1.